The van der Waals surface area contributed by atoms with Crippen molar-refractivity contribution in [2.75, 3.05) is 6.61 Å². The first-order valence-corrected chi connectivity index (χ1v) is 11.0. The molecule has 0 unspecified atom stereocenters. The summed E-state index contributed by atoms with van der Waals surface area (Å²) < 4.78 is 5.72. The molecular formula is C26H36N2O3. The van der Waals surface area contributed by atoms with Gasteiger partial charge in [-0.25, -0.2) is 0 Å². The Labute approximate surface area is 186 Å². The highest BCUT2D eigenvalue weighted by Crippen LogP contribution is 2.18. The Bertz CT molecular complexity index is 843. The first kappa shape index (κ1) is 24.4. The van der Waals surface area contributed by atoms with Crippen LogP contribution in [0.15, 0.2) is 54.6 Å². The minimum atomic E-state index is -0.513. The molecule has 1 N–H and O–H groups in total. The maximum absolute atomic E-state index is 13.2. The van der Waals surface area contributed by atoms with Crippen LogP contribution in [0.4, 0.5) is 0 Å². The standard InChI is InChI=1S/C26H36N2O3/c1-6-23(25(30)27-26(3,4)5)28(19-21-14-11-10-13-20(21)2)24(29)17-12-18-31-22-15-8-7-9-16-22/h7-11,13-16,23H,6,12,17-19H2,1-5H3,(H,27,30)/t23-/m1/s1. The van der Waals surface area contributed by atoms with Gasteiger partial charge in [0.1, 0.15) is 11.8 Å². The van der Waals surface area contributed by atoms with Gasteiger partial charge in [0, 0.05) is 18.5 Å². The van der Waals surface area contributed by atoms with Crippen LogP contribution in [0, 0.1) is 6.92 Å². The molecular weight excluding hydrogens is 388 g/mol. The van der Waals surface area contributed by atoms with Crippen molar-refractivity contribution >= 4 is 11.8 Å². The van der Waals surface area contributed by atoms with Crippen LogP contribution in [-0.2, 0) is 16.1 Å². The molecule has 5 nitrogen and oxygen atoms in total. The quantitative estimate of drug-likeness (QED) is 0.553. The van der Waals surface area contributed by atoms with Crippen molar-refractivity contribution in [1.82, 2.24) is 10.2 Å². The lowest BCUT2D eigenvalue weighted by molar-refractivity contribution is -0.142. The maximum Gasteiger partial charge on any atom is 0.243 e. The molecule has 0 aliphatic rings. The molecule has 2 rings (SSSR count). The summed E-state index contributed by atoms with van der Waals surface area (Å²) in [5, 5.41) is 3.04. The van der Waals surface area contributed by atoms with Gasteiger partial charge in [0.05, 0.1) is 6.61 Å². The van der Waals surface area contributed by atoms with E-state index in [1.165, 1.54) is 0 Å². The molecule has 5 heteroatoms. The van der Waals surface area contributed by atoms with E-state index in [4.69, 9.17) is 4.74 Å². The molecule has 0 fully saturated rings. The number of ether oxygens (including phenoxy) is 1. The normalized spacial score (nSPS) is 12.2. The predicted molar refractivity (Wildman–Crippen MR) is 125 cm³/mol. The highest BCUT2D eigenvalue weighted by molar-refractivity contribution is 5.88. The second-order valence-electron chi connectivity index (χ2n) is 8.88. The van der Waals surface area contributed by atoms with Crippen LogP contribution in [0.1, 0.15) is 58.1 Å². The van der Waals surface area contributed by atoms with Crippen molar-refractivity contribution in [3.8, 4) is 5.75 Å². The molecule has 1 atom stereocenters. The van der Waals surface area contributed by atoms with Gasteiger partial charge in [0.25, 0.3) is 0 Å². The summed E-state index contributed by atoms with van der Waals surface area (Å²) in [5.41, 5.74) is 1.81. The van der Waals surface area contributed by atoms with Gasteiger partial charge in [-0.3, -0.25) is 9.59 Å². The third-order valence-corrected chi connectivity index (χ3v) is 5.03. The number of carbonyl (C=O) groups excluding carboxylic acids is 2. The number of para-hydroxylation sites is 1. The van der Waals surface area contributed by atoms with Gasteiger partial charge < -0.3 is 15.0 Å². The van der Waals surface area contributed by atoms with E-state index >= 15 is 0 Å². The number of hydrogen-bond acceptors (Lipinski definition) is 3. The molecule has 0 aliphatic carbocycles. The second kappa shape index (κ2) is 11.5. The highest BCUT2D eigenvalue weighted by atomic mass is 16.5. The maximum atomic E-state index is 13.2. The van der Waals surface area contributed by atoms with E-state index in [1.54, 1.807) is 4.90 Å². The zero-order valence-corrected chi connectivity index (χ0v) is 19.5. The number of nitrogens with zero attached hydrogens (tertiary/aromatic N) is 1. The Morgan fingerprint density at radius 2 is 1.68 bits per heavy atom. The van der Waals surface area contributed by atoms with Crippen LogP contribution in [0.2, 0.25) is 0 Å². The van der Waals surface area contributed by atoms with E-state index in [1.807, 2.05) is 89.2 Å². The lowest BCUT2D eigenvalue weighted by Gasteiger charge is -2.33. The minimum absolute atomic E-state index is 0.0316. The number of amides is 2. The topological polar surface area (TPSA) is 58.6 Å². The first-order chi connectivity index (χ1) is 14.7. The third-order valence-electron chi connectivity index (χ3n) is 5.03. The number of aryl methyl sites for hydroxylation is 1. The molecule has 0 spiro atoms. The van der Waals surface area contributed by atoms with Crippen LogP contribution in [0.5, 0.6) is 5.75 Å². The summed E-state index contributed by atoms with van der Waals surface area (Å²) in [7, 11) is 0. The van der Waals surface area contributed by atoms with Gasteiger partial charge in [-0.1, -0.05) is 49.4 Å². The van der Waals surface area contributed by atoms with Gasteiger partial charge in [-0.15, -0.1) is 0 Å². The number of benzene rings is 2. The monoisotopic (exact) mass is 424 g/mol. The Balaban J connectivity index is 2.10. The Kier molecular flexibility index (Phi) is 9.10. The zero-order valence-electron chi connectivity index (χ0n) is 19.5. The van der Waals surface area contributed by atoms with E-state index in [-0.39, 0.29) is 17.4 Å². The van der Waals surface area contributed by atoms with Crippen LogP contribution in [0.3, 0.4) is 0 Å². The van der Waals surface area contributed by atoms with Crippen molar-refractivity contribution < 1.29 is 14.3 Å². The average Bonchev–Trinajstić information content (AvgIpc) is 2.71. The minimum Gasteiger partial charge on any atom is -0.494 e. The van der Waals surface area contributed by atoms with Crippen LogP contribution in [-0.4, -0.2) is 34.9 Å². The summed E-state index contributed by atoms with van der Waals surface area (Å²) >= 11 is 0. The van der Waals surface area contributed by atoms with E-state index in [0.29, 0.717) is 32.4 Å². The lowest BCUT2D eigenvalue weighted by Crippen LogP contribution is -2.53. The van der Waals surface area contributed by atoms with Gasteiger partial charge in [0.15, 0.2) is 0 Å². The highest BCUT2D eigenvalue weighted by Gasteiger charge is 2.30. The van der Waals surface area contributed by atoms with Crippen LogP contribution in [0.25, 0.3) is 0 Å². The fraction of sp³-hybridized carbons (Fsp3) is 0.462. The summed E-state index contributed by atoms with van der Waals surface area (Å²) in [5.74, 6) is 0.649. The van der Waals surface area contributed by atoms with Crippen molar-refractivity contribution in [2.45, 2.75) is 72.0 Å². The molecule has 0 saturated carbocycles. The summed E-state index contributed by atoms with van der Waals surface area (Å²) in [4.78, 5) is 28.0. The molecule has 168 valence electrons. The van der Waals surface area contributed by atoms with Crippen LogP contribution >= 0.6 is 0 Å². The SMILES string of the molecule is CC[C@H](C(=O)NC(C)(C)C)N(Cc1ccccc1C)C(=O)CCCOc1ccccc1. The number of rotatable bonds is 10. The fourth-order valence-electron chi connectivity index (χ4n) is 3.42. The van der Waals surface area contributed by atoms with E-state index in [9.17, 15) is 9.59 Å². The molecule has 2 aromatic carbocycles. The fourth-order valence-corrected chi connectivity index (χ4v) is 3.42. The summed E-state index contributed by atoms with van der Waals surface area (Å²) in [6, 6.07) is 17.1. The Morgan fingerprint density at radius 3 is 2.29 bits per heavy atom. The average molecular weight is 425 g/mol. The van der Waals surface area contributed by atoms with Gasteiger partial charge in [0.2, 0.25) is 11.8 Å². The van der Waals surface area contributed by atoms with Crippen molar-refractivity contribution in [2.24, 2.45) is 0 Å². The van der Waals surface area contributed by atoms with Crippen LogP contribution < -0.4 is 10.1 Å². The van der Waals surface area contributed by atoms with Gasteiger partial charge in [-0.2, -0.15) is 0 Å². The van der Waals surface area contributed by atoms with E-state index in [2.05, 4.69) is 5.32 Å². The van der Waals surface area contributed by atoms with Crippen molar-refractivity contribution in [3.63, 3.8) is 0 Å². The molecule has 31 heavy (non-hydrogen) atoms. The molecule has 0 radical (unpaired) electrons. The molecule has 0 heterocycles. The first-order valence-electron chi connectivity index (χ1n) is 11.0. The largest absolute Gasteiger partial charge is 0.494 e. The number of hydrogen-bond donors (Lipinski definition) is 1. The second-order valence-corrected chi connectivity index (χ2v) is 8.88. The van der Waals surface area contributed by atoms with Gasteiger partial charge in [-0.05, 0) is 63.8 Å². The Hall–Kier alpha value is -2.82. The molecule has 0 bridgehead atoms. The molecule has 2 aromatic rings. The molecule has 0 saturated heterocycles. The number of nitrogens with one attached hydrogen (secondary N) is 1. The third kappa shape index (κ3) is 8.08. The van der Waals surface area contributed by atoms with Crippen molar-refractivity contribution in [3.05, 3.63) is 65.7 Å². The number of carbonyl (C=O) groups is 2. The molecule has 2 amide bonds. The predicted octanol–water partition coefficient (Wildman–Crippen LogP) is 4.88. The smallest absolute Gasteiger partial charge is 0.243 e. The molecule has 0 aromatic heterocycles. The zero-order chi connectivity index (χ0) is 22.9. The van der Waals surface area contributed by atoms with E-state index in [0.717, 1.165) is 16.9 Å². The Morgan fingerprint density at radius 1 is 1.03 bits per heavy atom. The summed E-state index contributed by atoms with van der Waals surface area (Å²) in [6.07, 6.45) is 1.48. The van der Waals surface area contributed by atoms with Crippen molar-refractivity contribution in [1.29, 1.82) is 0 Å². The van der Waals surface area contributed by atoms with E-state index < -0.39 is 6.04 Å². The van der Waals surface area contributed by atoms with Gasteiger partial charge >= 0.3 is 0 Å². The summed E-state index contributed by atoms with van der Waals surface area (Å²) in [6.45, 7) is 10.7. The lowest BCUT2D eigenvalue weighted by atomic mass is 10.0. The molecule has 0 aliphatic heterocycles.